The Hall–Kier alpha value is -0.683. The summed E-state index contributed by atoms with van der Waals surface area (Å²) in [5.74, 6) is -0.0756. The maximum absolute atomic E-state index is 11.4. The number of halogens is 3. The van der Waals surface area contributed by atoms with E-state index in [9.17, 15) is 9.90 Å². The van der Waals surface area contributed by atoms with Gasteiger partial charge in [0.05, 0.1) is 6.61 Å². The van der Waals surface area contributed by atoms with E-state index in [1.165, 1.54) is 0 Å². The van der Waals surface area contributed by atoms with Crippen LogP contribution in [-0.4, -0.2) is 23.7 Å². The second-order valence-corrected chi connectivity index (χ2v) is 15.2. The van der Waals surface area contributed by atoms with Crippen molar-refractivity contribution in [3.8, 4) is 5.75 Å². The van der Waals surface area contributed by atoms with E-state index in [4.69, 9.17) is 38.0 Å². The number of carboxylic acid groups (broad SMARTS) is 1. The van der Waals surface area contributed by atoms with Crippen LogP contribution in [0.4, 0.5) is 0 Å². The molecule has 1 N–H and O–H groups in total. The summed E-state index contributed by atoms with van der Waals surface area (Å²) in [7, 11) is 0. The van der Waals surface area contributed by atoms with E-state index >= 15 is 0 Å². The van der Waals surface area contributed by atoms with E-state index in [0.29, 0.717) is 24.6 Å². The average molecular weight is 424 g/mol. The Kier molecular flexibility index (Phi) is 10.6. The molecule has 0 aliphatic rings. The van der Waals surface area contributed by atoms with Crippen molar-refractivity contribution in [3.05, 3.63) is 35.4 Å². The lowest BCUT2D eigenvalue weighted by molar-refractivity contribution is -0.132. The summed E-state index contributed by atoms with van der Waals surface area (Å²) in [5, 5.41) is 9.37. The molecule has 0 spiro atoms. The molecule has 25 heavy (non-hydrogen) atoms. The molecule has 0 heterocycles. The summed E-state index contributed by atoms with van der Waals surface area (Å²) < 4.78 is 5.53. The van der Waals surface area contributed by atoms with Crippen molar-refractivity contribution in [2.45, 2.75) is 51.5 Å². The van der Waals surface area contributed by atoms with Gasteiger partial charge in [0.1, 0.15) is 5.75 Å². The Balaban J connectivity index is 2.47. The van der Waals surface area contributed by atoms with E-state index in [1.54, 1.807) is 6.08 Å². The zero-order chi connectivity index (χ0) is 18.7. The van der Waals surface area contributed by atoms with Gasteiger partial charge in [0.25, 0.3) is 0 Å². The van der Waals surface area contributed by atoms with Crippen molar-refractivity contribution in [2.24, 2.45) is 0 Å². The van der Waals surface area contributed by atoms with Crippen LogP contribution in [0, 0.1) is 0 Å². The molecule has 0 aliphatic heterocycles. The summed E-state index contributed by atoms with van der Waals surface area (Å²) in [5.41, 5.74) is 1.28. The molecule has 7 heteroatoms. The second kappa shape index (κ2) is 11.8. The summed E-state index contributed by atoms with van der Waals surface area (Å²) in [4.78, 5) is 11.4. The molecule has 3 nitrogen and oxygen atoms in total. The number of rotatable bonds is 12. The van der Waals surface area contributed by atoms with Gasteiger partial charge in [0.2, 0.25) is 0 Å². The highest BCUT2D eigenvalue weighted by Crippen LogP contribution is 2.27. The molecule has 0 aromatic heterocycles. The first-order chi connectivity index (χ1) is 11.8. The largest absolute Gasteiger partial charge is 0.494 e. The summed E-state index contributed by atoms with van der Waals surface area (Å²) in [6.45, 7) is 2.73. The third-order valence-electron chi connectivity index (χ3n) is 3.62. The van der Waals surface area contributed by atoms with Gasteiger partial charge in [-0.25, -0.2) is 4.79 Å². The molecular formula is C18H25Cl3O3Si. The molecule has 1 rings (SSSR count). The smallest absolute Gasteiger partial charge is 0.341 e. The molecule has 0 unspecified atom stereocenters. The van der Waals surface area contributed by atoms with Crippen LogP contribution >= 0.6 is 33.2 Å². The number of ether oxygens (including phenoxy) is 1. The third kappa shape index (κ3) is 10.8. The lowest BCUT2D eigenvalue weighted by Crippen LogP contribution is -2.07. The van der Waals surface area contributed by atoms with Gasteiger partial charge in [0.15, 0.2) is 0 Å². The van der Waals surface area contributed by atoms with E-state index in [1.807, 2.05) is 24.3 Å². The van der Waals surface area contributed by atoms with Gasteiger partial charge in [-0.3, -0.25) is 0 Å². The van der Waals surface area contributed by atoms with Crippen LogP contribution in [0.3, 0.4) is 0 Å². The van der Waals surface area contributed by atoms with Crippen LogP contribution in [0.2, 0.25) is 6.04 Å². The van der Waals surface area contributed by atoms with Crippen LogP contribution in [0.5, 0.6) is 5.75 Å². The SMILES string of the molecule is CCCOc1ccc(/C=C(\CCCCCC[Si](Cl)(Cl)Cl)C(=O)O)cc1. The fourth-order valence-corrected chi connectivity index (χ4v) is 4.17. The first-order valence-electron chi connectivity index (χ1n) is 8.55. The van der Waals surface area contributed by atoms with Crippen LogP contribution in [0.15, 0.2) is 29.8 Å². The van der Waals surface area contributed by atoms with E-state index < -0.39 is 12.0 Å². The molecule has 0 saturated heterocycles. The quantitative estimate of drug-likeness (QED) is 0.179. The predicted molar refractivity (Wildman–Crippen MR) is 109 cm³/mol. The van der Waals surface area contributed by atoms with Gasteiger partial charge in [-0.1, -0.05) is 38.3 Å². The molecule has 0 atom stereocenters. The third-order valence-corrected chi connectivity index (χ3v) is 6.25. The molecule has 1 aromatic carbocycles. The lowest BCUT2D eigenvalue weighted by atomic mass is 10.0. The zero-order valence-corrected chi connectivity index (χ0v) is 17.7. The fraction of sp³-hybridized carbons (Fsp3) is 0.500. The van der Waals surface area contributed by atoms with Crippen molar-refractivity contribution in [1.82, 2.24) is 0 Å². The normalized spacial score (nSPS) is 12.2. The van der Waals surface area contributed by atoms with Gasteiger partial charge in [-0.15, -0.1) is 33.2 Å². The number of aliphatic carboxylic acids is 1. The van der Waals surface area contributed by atoms with E-state index in [-0.39, 0.29) is 0 Å². The maximum atomic E-state index is 11.4. The van der Waals surface area contributed by atoms with Gasteiger partial charge < -0.3 is 9.84 Å². The summed E-state index contributed by atoms with van der Waals surface area (Å²) >= 11 is 17.5. The molecule has 0 amide bonds. The molecule has 140 valence electrons. The molecule has 0 bridgehead atoms. The molecule has 0 fully saturated rings. The van der Waals surface area contributed by atoms with Crippen LogP contribution < -0.4 is 4.74 Å². The summed E-state index contributed by atoms with van der Waals surface area (Å²) in [6.07, 6.45) is 6.80. The molecule has 0 aliphatic carbocycles. The van der Waals surface area contributed by atoms with Gasteiger partial charge in [-0.05, 0) is 49.1 Å². The van der Waals surface area contributed by atoms with Crippen LogP contribution in [0.25, 0.3) is 6.08 Å². The highest BCUT2D eigenvalue weighted by molar-refractivity contribution is 7.64. The average Bonchev–Trinajstić information content (AvgIpc) is 2.55. The van der Waals surface area contributed by atoms with E-state index in [2.05, 4.69) is 6.92 Å². The van der Waals surface area contributed by atoms with Gasteiger partial charge >= 0.3 is 12.0 Å². The van der Waals surface area contributed by atoms with Crippen molar-refractivity contribution in [2.75, 3.05) is 6.61 Å². The Bertz CT molecular complexity index is 554. The molecule has 0 radical (unpaired) electrons. The Labute approximate surface area is 165 Å². The number of carboxylic acids is 1. The van der Waals surface area contributed by atoms with Gasteiger partial charge in [-0.2, -0.15) is 0 Å². The minimum Gasteiger partial charge on any atom is -0.494 e. The number of benzene rings is 1. The minimum atomic E-state index is -2.52. The molecule has 1 aromatic rings. The standard InChI is InChI=1S/C18H25Cl3O3Si/c1-2-12-24-17-10-8-15(9-11-17)14-16(18(22)23)7-5-3-4-6-13-25(19,20)21/h8-11,14H,2-7,12-13H2,1H3,(H,22,23)/b16-14+. The first-order valence-corrected chi connectivity index (χ1v) is 13.8. The second-order valence-electron chi connectivity index (χ2n) is 5.92. The maximum Gasteiger partial charge on any atom is 0.341 e. The Morgan fingerprint density at radius 2 is 1.76 bits per heavy atom. The zero-order valence-electron chi connectivity index (χ0n) is 14.4. The van der Waals surface area contributed by atoms with Crippen molar-refractivity contribution < 1.29 is 14.6 Å². The Morgan fingerprint density at radius 3 is 2.32 bits per heavy atom. The molecule has 0 saturated carbocycles. The Morgan fingerprint density at radius 1 is 1.12 bits per heavy atom. The van der Waals surface area contributed by atoms with Crippen molar-refractivity contribution in [1.29, 1.82) is 0 Å². The highest BCUT2D eigenvalue weighted by Gasteiger charge is 2.23. The number of carbonyl (C=O) groups is 1. The molecular weight excluding hydrogens is 399 g/mol. The van der Waals surface area contributed by atoms with Crippen molar-refractivity contribution in [3.63, 3.8) is 0 Å². The van der Waals surface area contributed by atoms with Crippen LogP contribution in [0.1, 0.15) is 51.0 Å². The minimum absolute atomic E-state index is 0.415. The van der Waals surface area contributed by atoms with E-state index in [0.717, 1.165) is 43.4 Å². The van der Waals surface area contributed by atoms with Crippen LogP contribution in [-0.2, 0) is 4.79 Å². The summed E-state index contributed by atoms with van der Waals surface area (Å²) in [6, 6.07) is 5.61. The predicted octanol–water partition coefficient (Wildman–Crippen LogP) is 6.55. The number of hydrogen-bond donors (Lipinski definition) is 1. The van der Waals surface area contributed by atoms with Crippen molar-refractivity contribution >= 4 is 51.3 Å². The monoisotopic (exact) mass is 422 g/mol. The number of hydrogen-bond acceptors (Lipinski definition) is 2. The highest BCUT2D eigenvalue weighted by atomic mass is 35.8. The topological polar surface area (TPSA) is 46.5 Å². The lowest BCUT2D eigenvalue weighted by Gasteiger charge is -2.07. The van der Waals surface area contributed by atoms with Gasteiger partial charge in [0, 0.05) is 5.57 Å². The number of unbranched alkanes of at least 4 members (excludes halogenated alkanes) is 3. The first kappa shape index (κ1) is 22.4. The fourth-order valence-electron chi connectivity index (χ4n) is 2.32.